The Labute approximate surface area is 210 Å². The van der Waals surface area contributed by atoms with E-state index in [1.807, 2.05) is 18.3 Å². The molecule has 0 radical (unpaired) electrons. The van der Waals surface area contributed by atoms with Crippen molar-refractivity contribution in [1.29, 1.82) is 0 Å². The van der Waals surface area contributed by atoms with Crippen LogP contribution in [-0.2, 0) is 17.8 Å². The fourth-order valence-electron chi connectivity index (χ4n) is 4.94. The summed E-state index contributed by atoms with van der Waals surface area (Å²) in [6.07, 6.45) is 5.44. The molecule has 0 bridgehead atoms. The number of fused-ring (bicyclic) bond motifs is 4. The molecule has 1 aliphatic rings. The Morgan fingerprint density at radius 1 is 1.17 bits per heavy atom. The molecular weight excluding hydrogens is 456 g/mol. The Morgan fingerprint density at radius 3 is 2.91 bits per heavy atom. The van der Waals surface area contributed by atoms with Gasteiger partial charge in [-0.15, -0.1) is 21.5 Å². The first-order chi connectivity index (χ1) is 17.0. The molecule has 0 fully saturated rings. The zero-order valence-electron chi connectivity index (χ0n) is 20.9. The minimum absolute atomic E-state index is 0.379. The maximum Gasteiger partial charge on any atom is 0.204 e. The number of hydrogen-bond acceptors (Lipinski definition) is 7. The van der Waals surface area contributed by atoms with Gasteiger partial charge in [0.05, 0.1) is 11.0 Å². The van der Waals surface area contributed by atoms with Crippen molar-refractivity contribution in [1.82, 2.24) is 19.6 Å². The standard InChI is InChI=1S/C27H34N6OS/c1-18(2)15-22(34)7-5-4-6-12-28-26-27-31-30-19(3)33(27)24-9-8-21(16-23(24)29-26)32-13-10-25-20(17-32)11-14-35-25/h8-9,11,14,16,18H,4-7,10,12-13,15,17H2,1-3H3,(H,28,29). The minimum atomic E-state index is 0.379. The Hall–Kier alpha value is -3.00. The lowest BCUT2D eigenvalue weighted by Crippen LogP contribution is -2.29. The first-order valence-electron chi connectivity index (χ1n) is 12.7. The van der Waals surface area contributed by atoms with E-state index in [1.165, 1.54) is 16.1 Å². The molecule has 0 atom stereocenters. The van der Waals surface area contributed by atoms with Gasteiger partial charge in [-0.2, -0.15) is 0 Å². The molecule has 1 aliphatic heterocycles. The summed E-state index contributed by atoms with van der Waals surface area (Å²) in [5, 5.41) is 14.4. The summed E-state index contributed by atoms with van der Waals surface area (Å²) in [5.74, 6) is 2.45. The fourth-order valence-corrected chi connectivity index (χ4v) is 5.83. The van der Waals surface area contributed by atoms with Crippen molar-refractivity contribution in [3.8, 4) is 0 Å². The molecule has 4 heterocycles. The number of nitrogens with one attached hydrogen (secondary N) is 1. The van der Waals surface area contributed by atoms with Gasteiger partial charge in [0.2, 0.25) is 5.65 Å². The first-order valence-corrected chi connectivity index (χ1v) is 13.6. The number of carbonyl (C=O) groups excluding carboxylic acids is 1. The number of nitrogens with zero attached hydrogens (tertiary/aromatic N) is 5. The van der Waals surface area contributed by atoms with E-state index in [0.29, 0.717) is 24.5 Å². The van der Waals surface area contributed by atoms with Crippen molar-refractivity contribution in [2.24, 2.45) is 5.92 Å². The van der Waals surface area contributed by atoms with E-state index >= 15 is 0 Å². The number of benzene rings is 1. The molecular formula is C27H34N6OS. The number of anilines is 2. The maximum atomic E-state index is 11.9. The molecule has 0 unspecified atom stereocenters. The molecule has 0 saturated heterocycles. The van der Waals surface area contributed by atoms with Gasteiger partial charge >= 0.3 is 0 Å². The zero-order chi connectivity index (χ0) is 24.4. The lowest BCUT2D eigenvalue weighted by molar-refractivity contribution is -0.119. The van der Waals surface area contributed by atoms with E-state index in [4.69, 9.17) is 4.98 Å². The average molecular weight is 491 g/mol. The van der Waals surface area contributed by atoms with Crippen LogP contribution in [0, 0.1) is 12.8 Å². The Kier molecular flexibility index (Phi) is 7.00. The van der Waals surface area contributed by atoms with Crippen LogP contribution in [0.5, 0.6) is 0 Å². The van der Waals surface area contributed by atoms with Crippen LogP contribution in [0.2, 0.25) is 0 Å². The highest BCUT2D eigenvalue weighted by atomic mass is 32.1. The topological polar surface area (TPSA) is 75.4 Å². The smallest absolute Gasteiger partial charge is 0.204 e. The van der Waals surface area contributed by atoms with Gasteiger partial charge in [-0.05, 0) is 67.3 Å². The minimum Gasteiger partial charge on any atom is -0.367 e. The number of hydrogen-bond donors (Lipinski definition) is 1. The van der Waals surface area contributed by atoms with Crippen molar-refractivity contribution >= 4 is 45.3 Å². The summed E-state index contributed by atoms with van der Waals surface area (Å²) in [4.78, 5) is 20.8. The van der Waals surface area contributed by atoms with E-state index < -0.39 is 0 Å². The molecule has 1 N–H and O–H groups in total. The lowest BCUT2D eigenvalue weighted by atomic mass is 10.0. The summed E-state index contributed by atoms with van der Waals surface area (Å²) in [5.41, 5.74) is 5.36. The SMILES string of the molecule is Cc1nnc2c(NCCCCCC(=O)CC(C)C)nc3cc(N4CCc5sccc5C4)ccc3n12. The summed E-state index contributed by atoms with van der Waals surface area (Å²) in [6, 6.07) is 8.77. The van der Waals surface area contributed by atoms with E-state index in [0.717, 1.165) is 73.6 Å². The van der Waals surface area contributed by atoms with Crippen LogP contribution >= 0.6 is 11.3 Å². The number of rotatable bonds is 10. The monoisotopic (exact) mass is 490 g/mol. The summed E-state index contributed by atoms with van der Waals surface area (Å²) in [7, 11) is 0. The highest BCUT2D eigenvalue weighted by Gasteiger charge is 2.19. The second-order valence-corrected chi connectivity index (χ2v) is 11.0. The number of thiophene rings is 1. The van der Waals surface area contributed by atoms with Gasteiger partial charge in [-0.3, -0.25) is 9.20 Å². The van der Waals surface area contributed by atoms with Gasteiger partial charge in [0.25, 0.3) is 0 Å². The van der Waals surface area contributed by atoms with Crippen LogP contribution in [-0.4, -0.2) is 38.5 Å². The van der Waals surface area contributed by atoms with Crippen molar-refractivity contribution < 1.29 is 4.79 Å². The Balaban J connectivity index is 1.30. The van der Waals surface area contributed by atoms with E-state index in [1.54, 1.807) is 0 Å². The van der Waals surface area contributed by atoms with E-state index in [9.17, 15) is 4.79 Å². The van der Waals surface area contributed by atoms with Crippen molar-refractivity contribution in [2.75, 3.05) is 23.3 Å². The second-order valence-electron chi connectivity index (χ2n) is 9.95. The third-order valence-electron chi connectivity index (χ3n) is 6.70. The van der Waals surface area contributed by atoms with E-state index in [2.05, 4.69) is 68.3 Å². The van der Waals surface area contributed by atoms with Gasteiger partial charge < -0.3 is 10.2 Å². The second kappa shape index (κ2) is 10.3. The predicted molar refractivity (Wildman–Crippen MR) is 144 cm³/mol. The van der Waals surface area contributed by atoms with E-state index in [-0.39, 0.29) is 0 Å². The van der Waals surface area contributed by atoms with Crippen LogP contribution in [0.4, 0.5) is 11.5 Å². The number of unbranched alkanes of at least 4 members (excludes halogenated alkanes) is 2. The normalized spacial score (nSPS) is 13.7. The quantitative estimate of drug-likeness (QED) is 0.283. The molecule has 35 heavy (non-hydrogen) atoms. The van der Waals surface area contributed by atoms with Gasteiger partial charge in [0, 0.05) is 43.0 Å². The molecule has 7 nitrogen and oxygen atoms in total. The van der Waals surface area contributed by atoms with Gasteiger partial charge in [-0.1, -0.05) is 20.3 Å². The van der Waals surface area contributed by atoms with Crippen LogP contribution in [0.1, 0.15) is 62.2 Å². The number of aromatic nitrogens is 4. The third kappa shape index (κ3) is 5.17. The maximum absolute atomic E-state index is 11.9. The predicted octanol–water partition coefficient (Wildman–Crippen LogP) is 5.80. The molecule has 5 rings (SSSR count). The number of carbonyl (C=O) groups is 1. The van der Waals surface area contributed by atoms with Crippen LogP contribution in [0.15, 0.2) is 29.6 Å². The first kappa shape index (κ1) is 23.7. The van der Waals surface area contributed by atoms with Crippen LogP contribution in [0.3, 0.4) is 0 Å². The van der Waals surface area contributed by atoms with Gasteiger partial charge in [-0.25, -0.2) is 4.98 Å². The fraction of sp³-hybridized carbons (Fsp3) is 0.481. The summed E-state index contributed by atoms with van der Waals surface area (Å²) < 4.78 is 2.09. The lowest BCUT2D eigenvalue weighted by Gasteiger charge is -2.29. The molecule has 0 saturated carbocycles. The molecule has 0 spiro atoms. The highest BCUT2D eigenvalue weighted by Crippen LogP contribution is 2.30. The van der Waals surface area contributed by atoms with Crippen molar-refractivity contribution in [2.45, 2.75) is 65.8 Å². The number of ketones is 1. The number of Topliss-reactive ketones (excluding diaryl/α,β-unsaturated/α-hetero) is 1. The Bertz CT molecular complexity index is 1340. The molecule has 8 heteroatoms. The summed E-state index contributed by atoms with van der Waals surface area (Å²) in [6.45, 7) is 8.94. The Morgan fingerprint density at radius 2 is 2.06 bits per heavy atom. The molecule has 1 aromatic carbocycles. The van der Waals surface area contributed by atoms with Gasteiger partial charge in [0.15, 0.2) is 5.82 Å². The average Bonchev–Trinajstić information content (AvgIpc) is 3.46. The van der Waals surface area contributed by atoms with Crippen molar-refractivity contribution in [3.05, 3.63) is 45.9 Å². The third-order valence-corrected chi connectivity index (χ3v) is 7.73. The molecule has 4 aromatic rings. The molecule has 0 amide bonds. The molecule has 184 valence electrons. The van der Waals surface area contributed by atoms with Crippen LogP contribution < -0.4 is 10.2 Å². The molecule has 0 aliphatic carbocycles. The van der Waals surface area contributed by atoms with Crippen LogP contribution in [0.25, 0.3) is 16.7 Å². The van der Waals surface area contributed by atoms with Crippen molar-refractivity contribution in [3.63, 3.8) is 0 Å². The summed E-state index contributed by atoms with van der Waals surface area (Å²) >= 11 is 1.87. The largest absolute Gasteiger partial charge is 0.367 e. The zero-order valence-corrected chi connectivity index (χ0v) is 21.7. The number of aryl methyl sites for hydroxylation is 1. The molecule has 3 aromatic heterocycles. The van der Waals surface area contributed by atoms with Gasteiger partial charge in [0.1, 0.15) is 11.6 Å². The highest BCUT2D eigenvalue weighted by molar-refractivity contribution is 7.10.